The van der Waals surface area contributed by atoms with Crippen molar-refractivity contribution in [2.75, 3.05) is 24.5 Å². The molecule has 1 aliphatic rings. The molecule has 0 spiro atoms. The smallest absolute Gasteiger partial charge is 0.242 e. The van der Waals surface area contributed by atoms with Crippen molar-refractivity contribution in [1.29, 1.82) is 0 Å². The van der Waals surface area contributed by atoms with Gasteiger partial charge in [-0.1, -0.05) is 0 Å². The van der Waals surface area contributed by atoms with Gasteiger partial charge in [-0.05, 0) is 25.1 Å². The van der Waals surface area contributed by atoms with Gasteiger partial charge in [0.05, 0.1) is 12.7 Å². The van der Waals surface area contributed by atoms with E-state index >= 15 is 0 Å². The average Bonchev–Trinajstić information content (AvgIpc) is 3.07. The molecule has 0 bridgehead atoms. The monoisotopic (exact) mass is 357 g/mol. The van der Waals surface area contributed by atoms with Gasteiger partial charge in [-0.2, -0.15) is 9.61 Å². The van der Waals surface area contributed by atoms with Gasteiger partial charge in [0.25, 0.3) is 0 Å². The van der Waals surface area contributed by atoms with Crippen molar-refractivity contribution in [2.24, 2.45) is 0 Å². The van der Waals surface area contributed by atoms with Crippen LogP contribution in [0.5, 0.6) is 0 Å². The zero-order valence-electron chi connectivity index (χ0n) is 14.2. The van der Waals surface area contributed by atoms with Crippen LogP contribution in [-0.4, -0.2) is 45.0 Å². The maximum absolute atomic E-state index is 13.8. The number of nitrogens with zero attached hydrogens (tertiary/aromatic N) is 5. The zero-order chi connectivity index (χ0) is 18.3. The average molecular weight is 357 g/mol. The number of aromatic nitrogens is 3. The normalized spacial score (nSPS) is 15.1. The van der Waals surface area contributed by atoms with Gasteiger partial charge < -0.3 is 9.80 Å². The second-order valence-electron chi connectivity index (χ2n) is 6.33. The number of hydrogen-bond donors (Lipinski definition) is 0. The van der Waals surface area contributed by atoms with Gasteiger partial charge in [0, 0.05) is 43.0 Å². The molecular weight excluding hydrogens is 340 g/mol. The fourth-order valence-electron chi connectivity index (χ4n) is 3.19. The molecule has 8 heteroatoms. The molecule has 3 heterocycles. The Hall–Kier alpha value is -3.03. The molecule has 1 aliphatic heterocycles. The molecule has 1 amide bonds. The predicted molar refractivity (Wildman–Crippen MR) is 91.7 cm³/mol. The lowest BCUT2D eigenvalue weighted by molar-refractivity contribution is -0.131. The Morgan fingerprint density at radius 3 is 2.81 bits per heavy atom. The quantitative estimate of drug-likeness (QED) is 0.721. The summed E-state index contributed by atoms with van der Waals surface area (Å²) in [5.74, 6) is -0.373. The van der Waals surface area contributed by atoms with Gasteiger partial charge in [-0.3, -0.25) is 4.79 Å². The summed E-state index contributed by atoms with van der Waals surface area (Å²) in [6, 6.07) is 6.98. The number of aryl methyl sites for hydroxylation is 1. The third kappa shape index (κ3) is 2.98. The van der Waals surface area contributed by atoms with Crippen LogP contribution in [0.15, 0.2) is 36.5 Å². The Kier molecular flexibility index (Phi) is 4.02. The van der Waals surface area contributed by atoms with Crippen LogP contribution in [0, 0.1) is 18.6 Å². The van der Waals surface area contributed by atoms with E-state index < -0.39 is 11.6 Å². The SMILES string of the molecule is Cc1cc(N2CCN(Cc3cc(F)ccc3F)C(=O)C2)n2nccc2n1. The molecule has 0 atom stereocenters. The van der Waals surface area contributed by atoms with E-state index in [1.165, 1.54) is 0 Å². The van der Waals surface area contributed by atoms with E-state index in [4.69, 9.17) is 0 Å². The first-order valence-corrected chi connectivity index (χ1v) is 8.29. The van der Waals surface area contributed by atoms with E-state index in [1.807, 2.05) is 17.9 Å². The highest BCUT2D eigenvalue weighted by Gasteiger charge is 2.26. The number of benzene rings is 1. The van der Waals surface area contributed by atoms with Gasteiger partial charge in [0.15, 0.2) is 5.65 Å². The van der Waals surface area contributed by atoms with E-state index in [1.54, 1.807) is 21.7 Å². The lowest BCUT2D eigenvalue weighted by Gasteiger charge is -2.35. The molecule has 0 N–H and O–H groups in total. The number of amides is 1. The van der Waals surface area contributed by atoms with Crippen molar-refractivity contribution >= 4 is 17.4 Å². The fraction of sp³-hybridized carbons (Fsp3) is 0.278. The lowest BCUT2D eigenvalue weighted by atomic mass is 10.1. The Bertz CT molecular complexity index is 987. The van der Waals surface area contributed by atoms with E-state index in [0.717, 1.165) is 35.4 Å². The summed E-state index contributed by atoms with van der Waals surface area (Å²) in [5.41, 5.74) is 1.74. The third-order valence-corrected chi connectivity index (χ3v) is 4.48. The highest BCUT2D eigenvalue weighted by molar-refractivity contribution is 5.82. The number of fused-ring (bicyclic) bond motifs is 1. The fourth-order valence-corrected chi connectivity index (χ4v) is 3.19. The standard InChI is InChI=1S/C18H17F2N5O/c1-12-8-17(25-16(22-12)4-5-21-25)23-6-7-24(18(26)11-23)10-13-9-14(19)2-3-15(13)20/h2-5,8-9H,6-7,10-11H2,1H3. The Labute approximate surface area is 148 Å². The molecule has 3 aromatic rings. The van der Waals surface area contributed by atoms with Crippen LogP contribution in [0.3, 0.4) is 0 Å². The van der Waals surface area contributed by atoms with Crippen molar-refractivity contribution in [1.82, 2.24) is 19.5 Å². The number of piperazine rings is 1. The third-order valence-electron chi connectivity index (χ3n) is 4.48. The molecule has 0 aliphatic carbocycles. The molecule has 1 aromatic carbocycles. The summed E-state index contributed by atoms with van der Waals surface area (Å²) >= 11 is 0. The van der Waals surface area contributed by atoms with Crippen LogP contribution in [0.2, 0.25) is 0 Å². The largest absolute Gasteiger partial charge is 0.345 e. The van der Waals surface area contributed by atoms with Gasteiger partial charge in [0.2, 0.25) is 5.91 Å². The second-order valence-corrected chi connectivity index (χ2v) is 6.33. The molecule has 134 valence electrons. The topological polar surface area (TPSA) is 53.7 Å². The Balaban J connectivity index is 1.54. The summed E-state index contributed by atoms with van der Waals surface area (Å²) in [7, 11) is 0. The highest BCUT2D eigenvalue weighted by atomic mass is 19.1. The minimum absolute atomic E-state index is 0.0584. The molecule has 0 unspecified atom stereocenters. The molecule has 26 heavy (non-hydrogen) atoms. The predicted octanol–water partition coefficient (Wildman–Crippen LogP) is 2.16. The first-order valence-electron chi connectivity index (χ1n) is 8.29. The first-order chi connectivity index (χ1) is 12.5. The minimum atomic E-state index is -0.513. The molecular formula is C18H17F2N5O. The van der Waals surface area contributed by atoms with Crippen molar-refractivity contribution < 1.29 is 13.6 Å². The van der Waals surface area contributed by atoms with Crippen molar-refractivity contribution in [3.8, 4) is 0 Å². The van der Waals surface area contributed by atoms with Gasteiger partial charge in [-0.25, -0.2) is 13.8 Å². The van der Waals surface area contributed by atoms with Crippen LogP contribution in [0.4, 0.5) is 14.6 Å². The van der Waals surface area contributed by atoms with E-state index in [2.05, 4.69) is 10.1 Å². The number of rotatable bonds is 3. The molecule has 6 nitrogen and oxygen atoms in total. The zero-order valence-corrected chi connectivity index (χ0v) is 14.2. The summed E-state index contributed by atoms with van der Waals surface area (Å²) in [6.45, 7) is 3.08. The highest BCUT2D eigenvalue weighted by Crippen LogP contribution is 2.20. The number of halogens is 2. The molecule has 4 rings (SSSR count). The maximum atomic E-state index is 13.8. The van der Waals surface area contributed by atoms with Crippen LogP contribution in [0.25, 0.3) is 5.65 Å². The van der Waals surface area contributed by atoms with Crippen LogP contribution >= 0.6 is 0 Å². The maximum Gasteiger partial charge on any atom is 0.242 e. The van der Waals surface area contributed by atoms with Gasteiger partial charge in [0.1, 0.15) is 17.5 Å². The molecule has 0 radical (unpaired) electrons. The van der Waals surface area contributed by atoms with E-state index in [-0.39, 0.29) is 24.6 Å². The van der Waals surface area contributed by atoms with Crippen molar-refractivity contribution in [2.45, 2.75) is 13.5 Å². The van der Waals surface area contributed by atoms with Gasteiger partial charge >= 0.3 is 0 Å². The van der Waals surface area contributed by atoms with Crippen molar-refractivity contribution in [3.05, 3.63) is 59.4 Å². The van der Waals surface area contributed by atoms with E-state index in [9.17, 15) is 13.6 Å². The summed E-state index contributed by atoms with van der Waals surface area (Å²) in [4.78, 5) is 20.4. The number of anilines is 1. The minimum Gasteiger partial charge on any atom is -0.345 e. The molecule has 0 saturated carbocycles. The van der Waals surface area contributed by atoms with Gasteiger partial charge in [-0.15, -0.1) is 0 Å². The second kappa shape index (κ2) is 6.36. The van der Waals surface area contributed by atoms with Crippen LogP contribution in [-0.2, 0) is 11.3 Å². The van der Waals surface area contributed by atoms with Crippen LogP contribution < -0.4 is 4.90 Å². The first kappa shape index (κ1) is 16.4. The molecule has 1 saturated heterocycles. The van der Waals surface area contributed by atoms with Crippen molar-refractivity contribution in [3.63, 3.8) is 0 Å². The Morgan fingerprint density at radius 1 is 1.15 bits per heavy atom. The Morgan fingerprint density at radius 2 is 2.00 bits per heavy atom. The van der Waals surface area contributed by atoms with Crippen LogP contribution in [0.1, 0.15) is 11.3 Å². The lowest BCUT2D eigenvalue weighted by Crippen LogP contribution is -2.50. The number of carbonyl (C=O) groups excluding carboxylic acids is 1. The molecule has 2 aromatic heterocycles. The summed E-state index contributed by atoms with van der Waals surface area (Å²) in [6.07, 6.45) is 1.66. The van der Waals surface area contributed by atoms with E-state index in [0.29, 0.717) is 13.1 Å². The number of hydrogen-bond acceptors (Lipinski definition) is 4. The molecule has 1 fully saturated rings. The summed E-state index contributed by atoms with van der Waals surface area (Å²) < 4.78 is 28.9. The number of carbonyl (C=O) groups is 1. The summed E-state index contributed by atoms with van der Waals surface area (Å²) in [5, 5.41) is 4.26.